The van der Waals surface area contributed by atoms with E-state index in [2.05, 4.69) is 15.3 Å². The molecule has 108 valence electrons. The summed E-state index contributed by atoms with van der Waals surface area (Å²) in [5, 5.41) is 22.8. The summed E-state index contributed by atoms with van der Waals surface area (Å²) in [4.78, 5) is 20.3. The highest BCUT2D eigenvalue weighted by Crippen LogP contribution is 2.27. The quantitative estimate of drug-likeness (QED) is 0.599. The van der Waals surface area contributed by atoms with Gasteiger partial charge in [0.25, 0.3) is 0 Å². The molecule has 0 amide bonds. The normalized spacial score (nSPS) is 11.5. The van der Waals surface area contributed by atoms with E-state index in [1.54, 1.807) is 11.9 Å². The van der Waals surface area contributed by atoms with Gasteiger partial charge in [-0.25, -0.2) is 4.98 Å². The summed E-state index contributed by atoms with van der Waals surface area (Å²) in [5.41, 5.74) is -0.167. The average molecular weight is 278 g/mol. The molecular weight excluding hydrogens is 260 g/mol. The van der Waals surface area contributed by atoms with E-state index < -0.39 is 4.92 Å². The number of aromatic nitrogens is 2. The van der Waals surface area contributed by atoms with E-state index in [9.17, 15) is 10.1 Å². The van der Waals surface area contributed by atoms with Crippen LogP contribution in [-0.2, 0) is 0 Å². The van der Waals surface area contributed by atoms with Gasteiger partial charge >= 0.3 is 5.69 Å². The second-order valence-electron chi connectivity index (χ2n) is 4.41. The zero-order valence-corrected chi connectivity index (χ0v) is 11.8. The van der Waals surface area contributed by atoms with E-state index in [0.717, 1.165) is 6.42 Å². The monoisotopic (exact) mass is 278 g/mol. The van der Waals surface area contributed by atoms with Crippen molar-refractivity contribution >= 4 is 17.5 Å². The molecule has 8 nitrogen and oxygen atoms in total. The van der Waals surface area contributed by atoms with Crippen LogP contribution in [0, 0.1) is 21.4 Å². The van der Waals surface area contributed by atoms with Crippen LogP contribution in [0.3, 0.4) is 0 Å². The smallest absolute Gasteiger partial charge is 0.329 e. The first-order valence-corrected chi connectivity index (χ1v) is 6.36. The fraction of sp³-hybridized carbons (Fsp3) is 0.583. The van der Waals surface area contributed by atoms with E-state index in [-0.39, 0.29) is 24.0 Å². The number of nitriles is 1. The molecule has 1 aromatic rings. The number of nitro groups is 1. The molecule has 0 spiro atoms. The molecular formula is C12H18N6O2. The molecule has 1 aromatic heterocycles. The lowest BCUT2D eigenvalue weighted by molar-refractivity contribution is -0.384. The van der Waals surface area contributed by atoms with Gasteiger partial charge in [-0.1, -0.05) is 6.92 Å². The molecule has 0 aliphatic carbocycles. The Labute approximate surface area is 117 Å². The zero-order valence-electron chi connectivity index (χ0n) is 11.8. The van der Waals surface area contributed by atoms with E-state index in [1.165, 1.54) is 6.20 Å². The van der Waals surface area contributed by atoms with Gasteiger partial charge in [-0.05, 0) is 13.3 Å². The Morgan fingerprint density at radius 3 is 2.90 bits per heavy atom. The molecule has 1 rings (SSSR count). The minimum atomic E-state index is -0.519. The van der Waals surface area contributed by atoms with Crippen molar-refractivity contribution in [2.24, 2.45) is 0 Å². The van der Waals surface area contributed by atoms with Gasteiger partial charge in [0.1, 0.15) is 6.20 Å². The van der Waals surface area contributed by atoms with E-state index in [0.29, 0.717) is 12.5 Å². The standard InChI is InChI=1S/C12H18N6O2/c1-4-7-14-12-15-8-10(18(19)20)11(16-12)17(3)9(2)5-6-13/h8-9H,4-5,7H2,1-3H3,(H,14,15,16). The molecule has 1 N–H and O–H groups in total. The van der Waals surface area contributed by atoms with Crippen LogP contribution in [0.25, 0.3) is 0 Å². The highest BCUT2D eigenvalue weighted by Gasteiger charge is 2.23. The highest BCUT2D eigenvalue weighted by molar-refractivity contribution is 5.59. The van der Waals surface area contributed by atoms with Crippen molar-refractivity contribution in [1.29, 1.82) is 5.26 Å². The Hall–Kier alpha value is -2.43. The Bertz CT molecular complexity index is 513. The summed E-state index contributed by atoms with van der Waals surface area (Å²) in [6, 6.07) is 1.87. The summed E-state index contributed by atoms with van der Waals surface area (Å²) in [6.45, 7) is 4.50. The summed E-state index contributed by atoms with van der Waals surface area (Å²) < 4.78 is 0. The first kappa shape index (κ1) is 15.6. The predicted octanol–water partition coefficient (Wildman–Crippen LogP) is 1.95. The number of nitrogens with zero attached hydrogens (tertiary/aromatic N) is 5. The number of nitrogens with one attached hydrogen (secondary N) is 1. The lowest BCUT2D eigenvalue weighted by Crippen LogP contribution is -2.30. The Balaban J connectivity index is 3.11. The average Bonchev–Trinajstić information content (AvgIpc) is 2.44. The first-order valence-electron chi connectivity index (χ1n) is 6.36. The van der Waals surface area contributed by atoms with Crippen molar-refractivity contribution in [3.05, 3.63) is 16.3 Å². The minimum absolute atomic E-state index is 0.167. The molecule has 20 heavy (non-hydrogen) atoms. The lowest BCUT2D eigenvalue weighted by atomic mass is 10.2. The molecule has 0 aromatic carbocycles. The topological polar surface area (TPSA) is 108 Å². The van der Waals surface area contributed by atoms with Gasteiger partial charge < -0.3 is 10.2 Å². The predicted molar refractivity (Wildman–Crippen MR) is 75.6 cm³/mol. The third-order valence-electron chi connectivity index (χ3n) is 2.86. The summed E-state index contributed by atoms with van der Waals surface area (Å²) in [7, 11) is 1.68. The summed E-state index contributed by atoms with van der Waals surface area (Å²) in [6.07, 6.45) is 2.35. The third kappa shape index (κ3) is 3.78. The van der Waals surface area contributed by atoms with Crippen LogP contribution in [-0.4, -0.2) is 34.5 Å². The lowest BCUT2D eigenvalue weighted by Gasteiger charge is -2.23. The fourth-order valence-electron chi connectivity index (χ4n) is 1.55. The molecule has 0 bridgehead atoms. The van der Waals surface area contributed by atoms with Crippen LogP contribution in [0.4, 0.5) is 17.5 Å². The Morgan fingerprint density at radius 2 is 2.35 bits per heavy atom. The molecule has 0 saturated heterocycles. The van der Waals surface area contributed by atoms with Crippen molar-refractivity contribution in [2.75, 3.05) is 23.8 Å². The molecule has 0 fully saturated rings. The molecule has 1 heterocycles. The second-order valence-corrected chi connectivity index (χ2v) is 4.41. The van der Waals surface area contributed by atoms with Crippen molar-refractivity contribution in [1.82, 2.24) is 9.97 Å². The van der Waals surface area contributed by atoms with Crippen LogP contribution < -0.4 is 10.2 Å². The van der Waals surface area contributed by atoms with Gasteiger partial charge in [0.2, 0.25) is 11.8 Å². The van der Waals surface area contributed by atoms with Crippen molar-refractivity contribution in [3.8, 4) is 6.07 Å². The maximum atomic E-state index is 11.0. The maximum absolute atomic E-state index is 11.0. The van der Waals surface area contributed by atoms with Crippen LogP contribution in [0.2, 0.25) is 0 Å². The summed E-state index contributed by atoms with van der Waals surface area (Å²) >= 11 is 0. The van der Waals surface area contributed by atoms with Crippen molar-refractivity contribution < 1.29 is 4.92 Å². The molecule has 8 heteroatoms. The molecule has 1 atom stereocenters. The van der Waals surface area contributed by atoms with Gasteiger partial charge in [0.05, 0.1) is 17.4 Å². The fourth-order valence-corrected chi connectivity index (χ4v) is 1.55. The Kier molecular flexibility index (Phi) is 5.65. The number of hydrogen-bond acceptors (Lipinski definition) is 7. The first-order chi connectivity index (χ1) is 9.51. The van der Waals surface area contributed by atoms with E-state index >= 15 is 0 Å². The summed E-state index contributed by atoms with van der Waals surface area (Å²) in [5.74, 6) is 0.565. The number of hydrogen-bond donors (Lipinski definition) is 1. The van der Waals surface area contributed by atoms with Gasteiger partial charge in [-0.3, -0.25) is 10.1 Å². The van der Waals surface area contributed by atoms with Gasteiger partial charge in [-0.15, -0.1) is 0 Å². The van der Waals surface area contributed by atoms with Crippen molar-refractivity contribution in [3.63, 3.8) is 0 Å². The Morgan fingerprint density at radius 1 is 1.65 bits per heavy atom. The maximum Gasteiger partial charge on any atom is 0.329 e. The van der Waals surface area contributed by atoms with Crippen molar-refractivity contribution in [2.45, 2.75) is 32.7 Å². The van der Waals surface area contributed by atoms with Crippen LogP contribution >= 0.6 is 0 Å². The number of anilines is 2. The van der Waals surface area contributed by atoms with Gasteiger partial charge in [0.15, 0.2) is 0 Å². The SMILES string of the molecule is CCCNc1ncc([N+](=O)[O-])c(N(C)C(C)CC#N)n1. The number of rotatable bonds is 7. The molecule has 0 saturated carbocycles. The van der Waals surface area contributed by atoms with Crippen LogP contribution in [0.1, 0.15) is 26.7 Å². The third-order valence-corrected chi connectivity index (χ3v) is 2.86. The van der Waals surface area contributed by atoms with Crippen LogP contribution in [0.15, 0.2) is 6.20 Å². The van der Waals surface area contributed by atoms with Gasteiger partial charge in [0, 0.05) is 19.6 Å². The van der Waals surface area contributed by atoms with Crippen LogP contribution in [0.5, 0.6) is 0 Å². The zero-order chi connectivity index (χ0) is 15.1. The highest BCUT2D eigenvalue weighted by atomic mass is 16.6. The molecule has 0 aliphatic rings. The molecule has 0 aliphatic heterocycles. The minimum Gasteiger partial charge on any atom is -0.354 e. The largest absolute Gasteiger partial charge is 0.354 e. The van der Waals surface area contributed by atoms with E-state index in [1.807, 2.05) is 19.9 Å². The second kappa shape index (κ2) is 7.23. The van der Waals surface area contributed by atoms with Gasteiger partial charge in [-0.2, -0.15) is 10.2 Å². The molecule has 0 radical (unpaired) electrons. The van der Waals surface area contributed by atoms with E-state index in [4.69, 9.17) is 5.26 Å². The molecule has 1 unspecified atom stereocenters.